The van der Waals surface area contributed by atoms with E-state index >= 15 is 0 Å². The number of guanidine groups is 1. The first kappa shape index (κ1) is 20.7. The summed E-state index contributed by atoms with van der Waals surface area (Å²) in [5.74, 6) is -1.65. The van der Waals surface area contributed by atoms with Crippen LogP contribution < -0.4 is 10.1 Å². The Morgan fingerprint density at radius 2 is 2.07 bits per heavy atom. The number of halogens is 2. The maximum absolute atomic E-state index is 14.1. The van der Waals surface area contributed by atoms with Gasteiger partial charge in [-0.05, 0) is 43.2 Å². The first-order valence-electron chi connectivity index (χ1n) is 9.20. The molecule has 7 nitrogen and oxygen atoms in total. The molecule has 1 aromatic carbocycles. The molecule has 3 rings (SSSR count). The molecule has 1 aromatic heterocycles. The van der Waals surface area contributed by atoms with Gasteiger partial charge in [0.1, 0.15) is 11.6 Å². The van der Waals surface area contributed by atoms with E-state index in [1.165, 1.54) is 48.5 Å². The summed E-state index contributed by atoms with van der Waals surface area (Å²) in [6, 6.07) is 6.59. The van der Waals surface area contributed by atoms with Crippen molar-refractivity contribution in [1.82, 2.24) is 15.2 Å². The van der Waals surface area contributed by atoms with Gasteiger partial charge in [0.2, 0.25) is 5.91 Å². The smallest absolute Gasteiger partial charge is 0.255 e. The molecule has 0 bridgehead atoms. The van der Waals surface area contributed by atoms with Crippen molar-refractivity contribution in [1.29, 1.82) is 5.41 Å². The van der Waals surface area contributed by atoms with E-state index in [0.717, 1.165) is 0 Å². The third kappa shape index (κ3) is 5.26. The van der Waals surface area contributed by atoms with Crippen LogP contribution >= 0.6 is 0 Å². The van der Waals surface area contributed by atoms with Crippen LogP contribution in [0.1, 0.15) is 18.4 Å². The number of hydrogen-bond donors (Lipinski definition) is 2. The van der Waals surface area contributed by atoms with Gasteiger partial charge in [-0.2, -0.15) is 0 Å². The maximum atomic E-state index is 14.1. The molecule has 1 amide bonds. The molecule has 0 spiro atoms. The number of pyridine rings is 1. The van der Waals surface area contributed by atoms with Gasteiger partial charge in [-0.15, -0.1) is 0 Å². The first-order valence-corrected chi connectivity index (χ1v) is 9.20. The highest BCUT2D eigenvalue weighted by Gasteiger charge is 2.26. The van der Waals surface area contributed by atoms with E-state index in [4.69, 9.17) is 14.9 Å². The van der Waals surface area contributed by atoms with E-state index in [1.807, 2.05) is 0 Å². The molecule has 1 aliphatic heterocycles. The van der Waals surface area contributed by atoms with Gasteiger partial charge in [0.25, 0.3) is 5.88 Å². The van der Waals surface area contributed by atoms with Crippen molar-refractivity contribution in [2.75, 3.05) is 20.3 Å². The molecular formula is C20H22F2N4O3. The number of aromatic nitrogens is 1. The minimum atomic E-state index is -0.633. The lowest BCUT2D eigenvalue weighted by atomic mass is 9.99. The fraction of sp³-hybridized carbons (Fsp3) is 0.350. The summed E-state index contributed by atoms with van der Waals surface area (Å²) in [6.45, 7) is 1.01. The Morgan fingerprint density at radius 3 is 2.79 bits per heavy atom. The van der Waals surface area contributed by atoms with E-state index in [0.29, 0.717) is 26.1 Å². The molecule has 29 heavy (non-hydrogen) atoms. The van der Waals surface area contributed by atoms with Crippen molar-refractivity contribution in [2.45, 2.75) is 19.4 Å². The van der Waals surface area contributed by atoms with E-state index in [2.05, 4.69) is 10.3 Å². The normalized spacial score (nSPS) is 14.3. The summed E-state index contributed by atoms with van der Waals surface area (Å²) in [5.41, 5.74) is 0.204. The summed E-state index contributed by atoms with van der Waals surface area (Å²) in [6.07, 6.45) is 2.63. The summed E-state index contributed by atoms with van der Waals surface area (Å²) in [7, 11) is 1.51. The predicted molar refractivity (Wildman–Crippen MR) is 102 cm³/mol. The number of nitrogens with zero attached hydrogens (tertiary/aromatic N) is 2. The van der Waals surface area contributed by atoms with Crippen LogP contribution in [0.3, 0.4) is 0 Å². The second-order valence-electron chi connectivity index (χ2n) is 6.63. The standard InChI is InChI=1S/C20H22F2N4O3/c1-26(19(27)13-6-9-28-10-7-13)20(23)25-12-14-11-15(4-5-16(14)21)29-18-17(22)3-2-8-24-18/h2-5,8,11,13H,6-7,9-10,12H2,1H3,(H2,23,25). The number of rotatable bonds is 5. The van der Waals surface area contributed by atoms with E-state index in [9.17, 15) is 13.6 Å². The first-order chi connectivity index (χ1) is 14.0. The molecule has 1 saturated heterocycles. The zero-order valence-electron chi connectivity index (χ0n) is 16.0. The molecule has 0 atom stereocenters. The summed E-state index contributed by atoms with van der Waals surface area (Å²) < 4.78 is 38.4. The fourth-order valence-electron chi connectivity index (χ4n) is 2.93. The molecule has 154 valence electrons. The lowest BCUT2D eigenvalue weighted by Crippen LogP contribution is -2.45. The molecule has 1 fully saturated rings. The largest absolute Gasteiger partial charge is 0.436 e. The number of ether oxygens (including phenoxy) is 2. The van der Waals surface area contributed by atoms with Crippen LogP contribution in [0.4, 0.5) is 8.78 Å². The minimum Gasteiger partial charge on any atom is -0.436 e. The van der Waals surface area contributed by atoms with Gasteiger partial charge < -0.3 is 14.8 Å². The number of hydrogen-bond acceptors (Lipinski definition) is 5. The van der Waals surface area contributed by atoms with Gasteiger partial charge in [-0.3, -0.25) is 15.1 Å². The topological polar surface area (TPSA) is 87.5 Å². The summed E-state index contributed by atoms with van der Waals surface area (Å²) in [5, 5.41) is 10.8. The van der Waals surface area contributed by atoms with Crippen molar-refractivity contribution in [2.24, 2.45) is 5.92 Å². The summed E-state index contributed by atoms with van der Waals surface area (Å²) >= 11 is 0. The molecule has 2 aromatic rings. The molecule has 0 radical (unpaired) electrons. The Kier molecular flexibility index (Phi) is 6.71. The van der Waals surface area contributed by atoms with Gasteiger partial charge in [0.15, 0.2) is 11.8 Å². The third-order valence-electron chi connectivity index (χ3n) is 4.64. The average molecular weight is 404 g/mol. The molecule has 1 aliphatic rings. The monoisotopic (exact) mass is 404 g/mol. The Hall–Kier alpha value is -3.07. The highest BCUT2D eigenvalue weighted by Crippen LogP contribution is 2.24. The second kappa shape index (κ2) is 9.42. The van der Waals surface area contributed by atoms with Gasteiger partial charge in [-0.25, -0.2) is 13.8 Å². The van der Waals surface area contributed by atoms with Crippen LogP contribution in [-0.2, 0) is 16.1 Å². The number of amides is 1. The van der Waals surface area contributed by atoms with E-state index < -0.39 is 11.6 Å². The molecule has 2 heterocycles. The number of benzene rings is 1. The molecular weight excluding hydrogens is 382 g/mol. The van der Waals surface area contributed by atoms with Crippen molar-refractivity contribution in [3.63, 3.8) is 0 Å². The maximum Gasteiger partial charge on any atom is 0.255 e. The lowest BCUT2D eigenvalue weighted by Gasteiger charge is -2.27. The fourth-order valence-corrected chi connectivity index (χ4v) is 2.93. The minimum absolute atomic E-state index is 0.0437. The van der Waals surface area contributed by atoms with Gasteiger partial charge in [0, 0.05) is 44.5 Å². The van der Waals surface area contributed by atoms with E-state index in [1.54, 1.807) is 0 Å². The van der Waals surface area contributed by atoms with Crippen LogP contribution in [0.5, 0.6) is 11.6 Å². The summed E-state index contributed by atoms with van der Waals surface area (Å²) in [4.78, 5) is 17.5. The quantitative estimate of drug-likeness (QED) is 0.591. The Morgan fingerprint density at radius 1 is 1.31 bits per heavy atom. The molecule has 0 unspecified atom stereocenters. The van der Waals surface area contributed by atoms with Crippen LogP contribution in [0.2, 0.25) is 0 Å². The molecule has 0 saturated carbocycles. The third-order valence-corrected chi connectivity index (χ3v) is 4.64. The van der Waals surface area contributed by atoms with Gasteiger partial charge in [-0.1, -0.05) is 0 Å². The molecule has 2 N–H and O–H groups in total. The van der Waals surface area contributed by atoms with Gasteiger partial charge in [0.05, 0.1) is 0 Å². The predicted octanol–water partition coefficient (Wildman–Crippen LogP) is 3.06. The van der Waals surface area contributed by atoms with Crippen LogP contribution in [0.15, 0.2) is 36.5 Å². The van der Waals surface area contributed by atoms with Crippen molar-refractivity contribution in [3.05, 3.63) is 53.7 Å². The highest BCUT2D eigenvalue weighted by atomic mass is 19.1. The average Bonchev–Trinajstić information content (AvgIpc) is 2.75. The van der Waals surface area contributed by atoms with Gasteiger partial charge >= 0.3 is 0 Å². The number of carbonyl (C=O) groups excluding carboxylic acids is 1. The molecule has 9 heteroatoms. The lowest BCUT2D eigenvalue weighted by molar-refractivity contribution is -0.133. The number of carbonyl (C=O) groups is 1. The SMILES string of the molecule is CN(C(=N)NCc1cc(Oc2ncccc2F)ccc1F)C(=O)C1CCOCC1. The van der Waals surface area contributed by atoms with Crippen LogP contribution in [-0.4, -0.2) is 42.0 Å². The van der Waals surface area contributed by atoms with E-state index in [-0.39, 0.29) is 41.5 Å². The molecule has 0 aliphatic carbocycles. The Labute approximate surface area is 167 Å². The van der Waals surface area contributed by atoms with Crippen LogP contribution in [0, 0.1) is 23.0 Å². The van der Waals surface area contributed by atoms with Crippen molar-refractivity contribution >= 4 is 11.9 Å². The van der Waals surface area contributed by atoms with Crippen molar-refractivity contribution < 1.29 is 23.0 Å². The Bertz CT molecular complexity index is 888. The second-order valence-corrected chi connectivity index (χ2v) is 6.63. The Balaban J connectivity index is 1.61. The van der Waals surface area contributed by atoms with Crippen molar-refractivity contribution in [3.8, 4) is 11.6 Å². The highest BCUT2D eigenvalue weighted by molar-refractivity contribution is 5.96. The van der Waals surface area contributed by atoms with Crippen LogP contribution in [0.25, 0.3) is 0 Å². The zero-order chi connectivity index (χ0) is 20.8. The number of nitrogens with one attached hydrogen (secondary N) is 2. The zero-order valence-corrected chi connectivity index (χ0v) is 16.0.